The Bertz CT molecular complexity index is 551. The summed E-state index contributed by atoms with van der Waals surface area (Å²) in [7, 11) is 0. The molecule has 2 rings (SSSR count). The van der Waals surface area contributed by atoms with Gasteiger partial charge in [0.2, 0.25) is 6.29 Å². The first-order valence-electron chi connectivity index (χ1n) is 4.22. The maximum Gasteiger partial charge on any atom is 0.434 e. The van der Waals surface area contributed by atoms with E-state index in [1.807, 2.05) is 0 Å². The summed E-state index contributed by atoms with van der Waals surface area (Å²) in [6, 6.07) is 2.42. The minimum absolute atomic E-state index is 0.140. The van der Waals surface area contributed by atoms with E-state index in [-0.39, 0.29) is 5.52 Å². The van der Waals surface area contributed by atoms with Crippen molar-refractivity contribution in [3.8, 4) is 0 Å². The average molecular weight is 225 g/mol. The molecule has 0 aromatic carbocycles. The van der Waals surface area contributed by atoms with E-state index in [0.29, 0.717) is 5.39 Å². The van der Waals surface area contributed by atoms with E-state index in [1.54, 1.807) is 0 Å². The lowest BCUT2D eigenvalue weighted by atomic mass is 10.1. The van der Waals surface area contributed by atoms with Crippen LogP contribution in [0, 0.1) is 0 Å². The highest BCUT2D eigenvalue weighted by Crippen LogP contribution is 2.31. The molecule has 6 heteroatoms. The molecule has 3 nitrogen and oxygen atoms in total. The van der Waals surface area contributed by atoms with Gasteiger partial charge in [-0.25, -0.2) is 4.98 Å². The number of hydrogen-bond donors (Lipinski definition) is 0. The van der Waals surface area contributed by atoms with Gasteiger partial charge in [-0.3, -0.25) is 9.78 Å². The molecule has 0 saturated carbocycles. The highest BCUT2D eigenvalue weighted by molar-refractivity contribution is 5.87. The first kappa shape index (κ1) is 10.5. The van der Waals surface area contributed by atoms with Gasteiger partial charge in [0.15, 0.2) is 5.69 Å². The van der Waals surface area contributed by atoms with Crippen LogP contribution in [-0.2, 0) is 11.0 Å². The fraction of sp³-hybridized carbons (Fsp3) is 0.100. The molecule has 0 aliphatic heterocycles. The Morgan fingerprint density at radius 1 is 1.31 bits per heavy atom. The van der Waals surface area contributed by atoms with E-state index in [4.69, 9.17) is 0 Å². The van der Waals surface area contributed by atoms with Gasteiger partial charge in [0.1, 0.15) is 0 Å². The van der Waals surface area contributed by atoms with Gasteiger partial charge in [0.05, 0.1) is 11.1 Å². The minimum Gasteiger partial charge on any atom is -0.285 e. The highest BCUT2D eigenvalue weighted by Gasteiger charge is 2.35. The van der Waals surface area contributed by atoms with Gasteiger partial charge in [-0.2, -0.15) is 13.2 Å². The van der Waals surface area contributed by atoms with Crippen LogP contribution in [0.5, 0.6) is 0 Å². The van der Waals surface area contributed by atoms with Crippen LogP contribution in [0.4, 0.5) is 13.2 Å². The number of hydrogen-bond acceptors (Lipinski definition) is 3. The van der Waals surface area contributed by atoms with Crippen LogP contribution in [0.15, 0.2) is 24.5 Å². The molecule has 16 heavy (non-hydrogen) atoms. The monoisotopic (exact) mass is 225 g/mol. The molecule has 0 spiro atoms. The predicted molar refractivity (Wildman–Crippen MR) is 49.3 cm³/mol. The molecule has 2 aromatic heterocycles. The predicted octanol–water partition coefficient (Wildman–Crippen LogP) is 2.11. The molecule has 2 aromatic rings. The number of rotatable bonds is 1. The van der Waals surface area contributed by atoms with E-state index in [0.717, 1.165) is 6.07 Å². The summed E-state index contributed by atoms with van der Waals surface area (Å²) in [4.78, 5) is 17.6. The molecule has 0 amide bonds. The molecule has 0 aliphatic rings. The fourth-order valence-corrected chi connectivity index (χ4v) is 1.31. The molecule has 2 heterocycles. The zero-order valence-corrected chi connectivity index (χ0v) is 7.75. The highest BCUT2D eigenvalue weighted by atomic mass is 19.4. The van der Waals surface area contributed by atoms with Crippen LogP contribution in [0.2, 0.25) is 0 Å². The Labute approximate surface area is 87.9 Å². The van der Waals surface area contributed by atoms with Crippen molar-refractivity contribution in [1.29, 1.82) is 0 Å². The normalized spacial score (nSPS) is 11.7. The van der Waals surface area contributed by atoms with Crippen LogP contribution in [0.25, 0.3) is 10.9 Å². The Balaban J connectivity index is 2.77. The molecule has 0 atom stereocenters. The maximum absolute atomic E-state index is 12.5. The zero-order chi connectivity index (χ0) is 11.8. The Morgan fingerprint density at radius 3 is 2.69 bits per heavy atom. The fourth-order valence-electron chi connectivity index (χ4n) is 1.31. The van der Waals surface area contributed by atoms with Gasteiger partial charge in [-0.05, 0) is 12.1 Å². The smallest absolute Gasteiger partial charge is 0.285 e. The van der Waals surface area contributed by atoms with Crippen molar-refractivity contribution < 1.29 is 18.0 Å². The first-order valence-corrected chi connectivity index (χ1v) is 4.22. The molecule has 0 bridgehead atoms. The standard InChI is InChI=1S/C10H4F3N2O/c11-10(12,13)9-7(5-16)3-6-4-14-2-1-8(6)15-9/h1-4H. The van der Waals surface area contributed by atoms with Crippen molar-refractivity contribution >= 4 is 17.2 Å². The lowest BCUT2D eigenvalue weighted by Crippen LogP contribution is -2.12. The van der Waals surface area contributed by atoms with Crippen LogP contribution in [0.1, 0.15) is 11.3 Å². The molecular formula is C10H4F3N2O. The third-order valence-electron chi connectivity index (χ3n) is 1.99. The summed E-state index contributed by atoms with van der Waals surface area (Å²) >= 11 is 0. The number of aromatic nitrogens is 2. The van der Waals surface area contributed by atoms with Crippen LogP contribution in [0.3, 0.4) is 0 Å². The van der Waals surface area contributed by atoms with Gasteiger partial charge in [-0.1, -0.05) is 0 Å². The summed E-state index contributed by atoms with van der Waals surface area (Å²) in [5, 5.41) is 0.369. The van der Waals surface area contributed by atoms with Crippen molar-refractivity contribution in [3.05, 3.63) is 35.8 Å². The number of fused-ring (bicyclic) bond motifs is 1. The Kier molecular flexibility index (Phi) is 2.34. The average Bonchev–Trinajstić information content (AvgIpc) is 2.26. The first-order chi connectivity index (χ1) is 7.52. The van der Waals surface area contributed by atoms with Crippen molar-refractivity contribution in [1.82, 2.24) is 9.97 Å². The molecule has 0 aliphatic carbocycles. The van der Waals surface area contributed by atoms with Gasteiger partial charge in [0, 0.05) is 17.8 Å². The molecule has 0 fully saturated rings. The van der Waals surface area contributed by atoms with Crippen molar-refractivity contribution in [2.24, 2.45) is 0 Å². The van der Waals surface area contributed by atoms with E-state index >= 15 is 0 Å². The van der Waals surface area contributed by atoms with Gasteiger partial charge >= 0.3 is 6.18 Å². The second-order valence-corrected chi connectivity index (χ2v) is 3.05. The van der Waals surface area contributed by atoms with Gasteiger partial charge in [0.25, 0.3) is 0 Å². The van der Waals surface area contributed by atoms with E-state index in [1.165, 1.54) is 24.7 Å². The van der Waals surface area contributed by atoms with Crippen molar-refractivity contribution in [2.75, 3.05) is 0 Å². The quantitative estimate of drug-likeness (QED) is 0.746. The summed E-state index contributed by atoms with van der Waals surface area (Å²) in [5.74, 6) is 0. The summed E-state index contributed by atoms with van der Waals surface area (Å²) in [6.07, 6.45) is -0.759. The second-order valence-electron chi connectivity index (χ2n) is 3.05. The Morgan fingerprint density at radius 2 is 2.06 bits per heavy atom. The molecular weight excluding hydrogens is 221 g/mol. The van der Waals surface area contributed by atoms with Crippen molar-refractivity contribution in [3.63, 3.8) is 0 Å². The number of alkyl halides is 3. The van der Waals surface area contributed by atoms with Gasteiger partial charge < -0.3 is 0 Å². The van der Waals surface area contributed by atoms with Crippen LogP contribution in [-0.4, -0.2) is 16.3 Å². The number of pyridine rings is 2. The SMILES string of the molecule is O=[C]c1cc2cnccc2nc1C(F)(F)F. The largest absolute Gasteiger partial charge is 0.434 e. The molecule has 81 valence electrons. The zero-order valence-electron chi connectivity index (χ0n) is 7.75. The second kappa shape index (κ2) is 3.55. The molecule has 0 unspecified atom stereocenters. The molecule has 0 saturated heterocycles. The van der Waals surface area contributed by atoms with Crippen molar-refractivity contribution in [2.45, 2.75) is 6.18 Å². The lowest BCUT2D eigenvalue weighted by molar-refractivity contribution is -0.141. The maximum atomic E-state index is 12.5. The third-order valence-corrected chi connectivity index (χ3v) is 1.99. The lowest BCUT2D eigenvalue weighted by Gasteiger charge is -2.08. The molecule has 1 radical (unpaired) electrons. The third kappa shape index (κ3) is 1.73. The van der Waals surface area contributed by atoms with Crippen LogP contribution >= 0.6 is 0 Å². The summed E-state index contributed by atoms with van der Waals surface area (Å²) in [6.45, 7) is 0. The number of carbonyl (C=O) groups excluding carboxylic acids is 1. The van der Waals surface area contributed by atoms with Crippen LogP contribution < -0.4 is 0 Å². The van der Waals surface area contributed by atoms with Gasteiger partial charge in [-0.15, -0.1) is 0 Å². The number of halogens is 3. The summed E-state index contributed by atoms with van der Waals surface area (Å²) < 4.78 is 37.5. The number of nitrogens with zero attached hydrogens (tertiary/aromatic N) is 2. The minimum atomic E-state index is -4.66. The summed E-state index contributed by atoms with van der Waals surface area (Å²) in [5.41, 5.74) is -1.68. The topological polar surface area (TPSA) is 42.9 Å². The van der Waals surface area contributed by atoms with E-state index in [2.05, 4.69) is 9.97 Å². The molecule has 0 N–H and O–H groups in total. The van der Waals surface area contributed by atoms with E-state index in [9.17, 15) is 18.0 Å². The van der Waals surface area contributed by atoms with E-state index < -0.39 is 17.4 Å². The Hall–Kier alpha value is -1.98.